The van der Waals surface area contributed by atoms with Gasteiger partial charge in [-0.1, -0.05) is 20.8 Å². The smallest absolute Gasteiger partial charge is 0.303 e. The molecule has 0 saturated heterocycles. The Morgan fingerprint density at radius 1 is 1.57 bits per heavy atom. The highest BCUT2D eigenvalue weighted by molar-refractivity contribution is 5.66. The molecule has 4 heteroatoms. The first-order valence-electron chi connectivity index (χ1n) is 4.56. The minimum Gasteiger partial charge on any atom is -0.481 e. The third-order valence-electron chi connectivity index (χ3n) is 1.85. The Morgan fingerprint density at radius 2 is 2.21 bits per heavy atom. The second-order valence-electron chi connectivity index (χ2n) is 4.26. The summed E-state index contributed by atoms with van der Waals surface area (Å²) in [4.78, 5) is 14.3. The second kappa shape index (κ2) is 3.82. The summed E-state index contributed by atoms with van der Waals surface area (Å²) >= 11 is 0. The summed E-state index contributed by atoms with van der Waals surface area (Å²) in [5.41, 5.74) is -0.0749. The van der Waals surface area contributed by atoms with Gasteiger partial charge in [-0.05, 0) is 0 Å². The largest absolute Gasteiger partial charge is 0.481 e. The van der Waals surface area contributed by atoms with Crippen molar-refractivity contribution in [2.24, 2.45) is 0 Å². The Kier molecular flexibility index (Phi) is 2.93. The molecule has 0 fully saturated rings. The average molecular weight is 197 g/mol. The van der Waals surface area contributed by atoms with Crippen molar-refractivity contribution >= 4 is 5.97 Å². The number of nitrogens with zero attached hydrogens (tertiary/aromatic N) is 1. The lowest BCUT2D eigenvalue weighted by Crippen LogP contribution is -2.09. The molecule has 0 amide bonds. The fraction of sp³-hybridized carbons (Fsp3) is 0.600. The maximum atomic E-state index is 10.3. The van der Waals surface area contributed by atoms with Crippen molar-refractivity contribution in [1.29, 1.82) is 0 Å². The number of aromatic nitrogens is 1. The van der Waals surface area contributed by atoms with Gasteiger partial charge in [0.2, 0.25) is 0 Å². The minimum absolute atomic E-state index is 0.0596. The van der Waals surface area contributed by atoms with Gasteiger partial charge in [0, 0.05) is 11.8 Å². The standard InChI is InChI=1S/C10H15NO3/c1-10(2,3)7-6-11-8(14-7)4-5-9(12)13/h6H,4-5H2,1-3H3,(H,12,13). The molecule has 1 aromatic heterocycles. The van der Waals surface area contributed by atoms with Crippen molar-refractivity contribution in [3.63, 3.8) is 0 Å². The summed E-state index contributed by atoms with van der Waals surface area (Å²) in [7, 11) is 0. The average Bonchev–Trinajstić information content (AvgIpc) is 2.47. The van der Waals surface area contributed by atoms with E-state index >= 15 is 0 Å². The van der Waals surface area contributed by atoms with Crippen LogP contribution in [0.25, 0.3) is 0 Å². The summed E-state index contributed by atoms with van der Waals surface area (Å²) in [5.74, 6) is 0.454. The summed E-state index contributed by atoms with van der Waals surface area (Å²) in [6.07, 6.45) is 2.08. The van der Waals surface area contributed by atoms with Gasteiger partial charge in [-0.2, -0.15) is 0 Å². The third kappa shape index (κ3) is 2.87. The van der Waals surface area contributed by atoms with Gasteiger partial charge in [-0.3, -0.25) is 4.79 Å². The first kappa shape index (κ1) is 10.8. The fourth-order valence-corrected chi connectivity index (χ4v) is 0.986. The zero-order chi connectivity index (χ0) is 10.8. The predicted octanol–water partition coefficient (Wildman–Crippen LogP) is 1.99. The number of rotatable bonds is 3. The molecular formula is C10H15NO3. The maximum Gasteiger partial charge on any atom is 0.303 e. The molecule has 0 spiro atoms. The Balaban J connectivity index is 2.64. The molecule has 1 N–H and O–H groups in total. The van der Waals surface area contributed by atoms with E-state index in [1.54, 1.807) is 6.20 Å². The number of hydrogen-bond acceptors (Lipinski definition) is 3. The van der Waals surface area contributed by atoms with Crippen molar-refractivity contribution < 1.29 is 14.3 Å². The van der Waals surface area contributed by atoms with Gasteiger partial charge in [-0.15, -0.1) is 0 Å². The maximum absolute atomic E-state index is 10.3. The van der Waals surface area contributed by atoms with E-state index < -0.39 is 5.97 Å². The van der Waals surface area contributed by atoms with Crippen LogP contribution in [0.4, 0.5) is 0 Å². The number of oxazole rings is 1. The van der Waals surface area contributed by atoms with Crippen LogP contribution in [0.2, 0.25) is 0 Å². The number of carbonyl (C=O) groups is 1. The van der Waals surface area contributed by atoms with Crippen molar-refractivity contribution in [1.82, 2.24) is 4.98 Å². The van der Waals surface area contributed by atoms with Gasteiger partial charge in [0.25, 0.3) is 0 Å². The number of aliphatic carboxylic acids is 1. The SMILES string of the molecule is CC(C)(C)c1cnc(CCC(=O)O)o1. The van der Waals surface area contributed by atoms with Crippen LogP contribution in [-0.4, -0.2) is 16.1 Å². The molecule has 14 heavy (non-hydrogen) atoms. The van der Waals surface area contributed by atoms with E-state index in [0.29, 0.717) is 12.3 Å². The first-order valence-corrected chi connectivity index (χ1v) is 4.56. The van der Waals surface area contributed by atoms with Crippen LogP contribution in [0, 0.1) is 0 Å². The molecule has 0 unspecified atom stereocenters. The van der Waals surface area contributed by atoms with Crippen LogP contribution < -0.4 is 0 Å². The summed E-state index contributed by atoms with van der Waals surface area (Å²) in [6.45, 7) is 6.07. The third-order valence-corrected chi connectivity index (χ3v) is 1.85. The highest BCUT2D eigenvalue weighted by atomic mass is 16.4. The van der Waals surface area contributed by atoms with E-state index in [1.165, 1.54) is 0 Å². The number of carboxylic acids is 1. The zero-order valence-electron chi connectivity index (χ0n) is 8.70. The van der Waals surface area contributed by atoms with Gasteiger partial charge < -0.3 is 9.52 Å². The molecule has 4 nitrogen and oxygen atoms in total. The van der Waals surface area contributed by atoms with Crippen molar-refractivity contribution in [3.8, 4) is 0 Å². The molecule has 0 bridgehead atoms. The van der Waals surface area contributed by atoms with E-state index in [4.69, 9.17) is 9.52 Å². The highest BCUT2D eigenvalue weighted by Crippen LogP contribution is 2.22. The monoisotopic (exact) mass is 197 g/mol. The van der Waals surface area contributed by atoms with E-state index in [-0.39, 0.29) is 11.8 Å². The first-order chi connectivity index (χ1) is 6.39. The molecule has 0 saturated carbocycles. The van der Waals surface area contributed by atoms with E-state index in [2.05, 4.69) is 4.98 Å². The number of aryl methyl sites for hydroxylation is 1. The van der Waals surface area contributed by atoms with Crippen LogP contribution in [0.3, 0.4) is 0 Å². The lowest BCUT2D eigenvalue weighted by atomic mass is 9.94. The normalized spacial score (nSPS) is 11.6. The molecule has 1 rings (SSSR count). The van der Waals surface area contributed by atoms with Gasteiger partial charge in [0.1, 0.15) is 5.76 Å². The summed E-state index contributed by atoms with van der Waals surface area (Å²) in [5, 5.41) is 8.47. The Morgan fingerprint density at radius 3 is 2.64 bits per heavy atom. The van der Waals surface area contributed by atoms with Crippen molar-refractivity contribution in [3.05, 3.63) is 17.8 Å². The lowest BCUT2D eigenvalue weighted by Gasteiger charge is -2.12. The van der Waals surface area contributed by atoms with Crippen LogP contribution in [-0.2, 0) is 16.6 Å². The van der Waals surface area contributed by atoms with Crippen molar-refractivity contribution in [2.75, 3.05) is 0 Å². The molecule has 0 aliphatic rings. The van der Waals surface area contributed by atoms with Gasteiger partial charge in [0.05, 0.1) is 12.6 Å². The quantitative estimate of drug-likeness (QED) is 0.804. The molecule has 0 atom stereocenters. The molecule has 78 valence electrons. The zero-order valence-corrected chi connectivity index (χ0v) is 8.70. The van der Waals surface area contributed by atoms with Gasteiger partial charge >= 0.3 is 5.97 Å². The molecule has 1 aromatic rings. The Bertz CT molecular complexity index is 322. The summed E-state index contributed by atoms with van der Waals surface area (Å²) in [6, 6.07) is 0. The molecule has 0 aliphatic heterocycles. The van der Waals surface area contributed by atoms with E-state index in [0.717, 1.165) is 5.76 Å². The van der Waals surface area contributed by atoms with Gasteiger partial charge in [0.15, 0.2) is 5.89 Å². The molecule has 0 radical (unpaired) electrons. The second-order valence-corrected chi connectivity index (χ2v) is 4.26. The number of carboxylic acid groups (broad SMARTS) is 1. The summed E-state index contributed by atoms with van der Waals surface area (Å²) < 4.78 is 5.42. The molecule has 0 aliphatic carbocycles. The van der Waals surface area contributed by atoms with Crippen molar-refractivity contribution in [2.45, 2.75) is 39.0 Å². The van der Waals surface area contributed by atoms with Crippen LogP contribution in [0.1, 0.15) is 38.8 Å². The number of hydrogen-bond donors (Lipinski definition) is 1. The lowest BCUT2D eigenvalue weighted by molar-refractivity contribution is -0.137. The molecular weight excluding hydrogens is 182 g/mol. The predicted molar refractivity (Wildman–Crippen MR) is 51.2 cm³/mol. The molecule has 1 heterocycles. The van der Waals surface area contributed by atoms with E-state index in [9.17, 15) is 4.79 Å². The Hall–Kier alpha value is -1.32. The molecule has 0 aromatic carbocycles. The van der Waals surface area contributed by atoms with Crippen LogP contribution >= 0.6 is 0 Å². The highest BCUT2D eigenvalue weighted by Gasteiger charge is 2.19. The van der Waals surface area contributed by atoms with Crippen LogP contribution in [0.5, 0.6) is 0 Å². The van der Waals surface area contributed by atoms with E-state index in [1.807, 2.05) is 20.8 Å². The Labute approximate surface area is 83.0 Å². The van der Waals surface area contributed by atoms with Crippen LogP contribution in [0.15, 0.2) is 10.6 Å². The topological polar surface area (TPSA) is 63.3 Å². The minimum atomic E-state index is -0.833. The fourth-order valence-electron chi connectivity index (χ4n) is 0.986. The van der Waals surface area contributed by atoms with Gasteiger partial charge in [-0.25, -0.2) is 4.98 Å².